The van der Waals surface area contributed by atoms with Gasteiger partial charge in [-0.25, -0.2) is 0 Å². The van der Waals surface area contributed by atoms with E-state index in [-0.39, 0.29) is 6.61 Å². The summed E-state index contributed by atoms with van der Waals surface area (Å²) in [6.45, 7) is 1.80. The van der Waals surface area contributed by atoms with Gasteiger partial charge in [0.25, 0.3) is 0 Å². The maximum Gasteiger partial charge on any atom is 0.0991 e. The van der Waals surface area contributed by atoms with E-state index in [4.69, 9.17) is 10.4 Å². The van der Waals surface area contributed by atoms with E-state index in [0.717, 1.165) is 25.1 Å². The molecule has 3 heteroatoms. The van der Waals surface area contributed by atoms with Crippen LogP contribution in [0, 0.1) is 11.3 Å². The smallest absolute Gasteiger partial charge is 0.0991 e. The van der Waals surface area contributed by atoms with Crippen LogP contribution in [0.25, 0.3) is 0 Å². The number of nitrogens with one attached hydrogen (secondary N) is 1. The summed E-state index contributed by atoms with van der Waals surface area (Å²) < 4.78 is 0. The van der Waals surface area contributed by atoms with Gasteiger partial charge in [0.2, 0.25) is 0 Å². The first-order valence-corrected chi connectivity index (χ1v) is 6.70. The van der Waals surface area contributed by atoms with Gasteiger partial charge in [-0.05, 0) is 41.8 Å². The lowest BCUT2D eigenvalue weighted by Gasteiger charge is -2.06. The van der Waals surface area contributed by atoms with Crippen molar-refractivity contribution in [3.63, 3.8) is 0 Å². The van der Waals surface area contributed by atoms with Crippen LogP contribution in [-0.2, 0) is 19.6 Å². The van der Waals surface area contributed by atoms with Gasteiger partial charge in [0, 0.05) is 6.54 Å². The Morgan fingerprint density at radius 1 is 0.900 bits per heavy atom. The molecule has 2 N–H and O–H groups in total. The summed E-state index contributed by atoms with van der Waals surface area (Å²) in [6, 6.07) is 17.7. The monoisotopic (exact) mass is 266 g/mol. The molecule has 0 heterocycles. The number of rotatable bonds is 6. The second-order valence-corrected chi connectivity index (χ2v) is 4.71. The Morgan fingerprint density at radius 3 is 2.10 bits per heavy atom. The average molecular weight is 266 g/mol. The van der Waals surface area contributed by atoms with Crippen LogP contribution in [0.5, 0.6) is 0 Å². The largest absolute Gasteiger partial charge is 0.392 e. The third-order valence-corrected chi connectivity index (χ3v) is 3.21. The van der Waals surface area contributed by atoms with E-state index >= 15 is 0 Å². The van der Waals surface area contributed by atoms with Gasteiger partial charge >= 0.3 is 0 Å². The lowest BCUT2D eigenvalue weighted by molar-refractivity contribution is 0.282. The molecule has 0 aliphatic rings. The first-order valence-electron chi connectivity index (χ1n) is 6.70. The van der Waals surface area contributed by atoms with Crippen LogP contribution in [-0.4, -0.2) is 11.7 Å². The summed E-state index contributed by atoms with van der Waals surface area (Å²) in [5, 5.41) is 21.1. The number of nitriles is 1. The van der Waals surface area contributed by atoms with Crippen molar-refractivity contribution >= 4 is 0 Å². The van der Waals surface area contributed by atoms with Crippen molar-refractivity contribution in [3.8, 4) is 6.07 Å². The molecule has 0 radical (unpaired) electrons. The van der Waals surface area contributed by atoms with E-state index in [0.29, 0.717) is 5.56 Å². The van der Waals surface area contributed by atoms with Crippen molar-refractivity contribution in [2.45, 2.75) is 19.6 Å². The molecule has 2 aromatic rings. The Kier molecular flexibility index (Phi) is 5.31. The standard InChI is InChI=1S/C17H18N2O/c18-11-15-3-5-16(6-4-15)12-19-10-9-14-1-7-17(13-20)8-2-14/h1-8,19-20H,9-10,12-13H2. The van der Waals surface area contributed by atoms with E-state index in [1.807, 2.05) is 36.4 Å². The van der Waals surface area contributed by atoms with Gasteiger partial charge in [-0.3, -0.25) is 0 Å². The normalized spacial score (nSPS) is 10.2. The fraction of sp³-hybridized carbons (Fsp3) is 0.235. The summed E-state index contributed by atoms with van der Waals surface area (Å²) in [7, 11) is 0. The molecule has 0 bridgehead atoms. The number of hydrogen-bond acceptors (Lipinski definition) is 3. The van der Waals surface area contributed by atoms with E-state index < -0.39 is 0 Å². The van der Waals surface area contributed by atoms with Gasteiger partial charge in [0.15, 0.2) is 0 Å². The second kappa shape index (κ2) is 7.44. The first kappa shape index (κ1) is 14.3. The molecular weight excluding hydrogens is 248 g/mol. The highest BCUT2D eigenvalue weighted by Crippen LogP contribution is 2.05. The first-order chi connectivity index (χ1) is 9.81. The molecule has 0 aromatic heterocycles. The van der Waals surface area contributed by atoms with Gasteiger partial charge in [0.05, 0.1) is 18.2 Å². The van der Waals surface area contributed by atoms with Crippen LogP contribution >= 0.6 is 0 Å². The maximum atomic E-state index is 8.97. The highest BCUT2D eigenvalue weighted by molar-refractivity contribution is 5.31. The van der Waals surface area contributed by atoms with E-state index in [9.17, 15) is 0 Å². The Balaban J connectivity index is 1.74. The minimum absolute atomic E-state index is 0.0945. The molecule has 0 saturated carbocycles. The molecule has 0 fully saturated rings. The van der Waals surface area contributed by atoms with Crippen molar-refractivity contribution in [3.05, 3.63) is 70.8 Å². The number of hydrogen-bond donors (Lipinski definition) is 2. The molecule has 20 heavy (non-hydrogen) atoms. The van der Waals surface area contributed by atoms with Crippen molar-refractivity contribution in [2.75, 3.05) is 6.54 Å². The van der Waals surface area contributed by atoms with Gasteiger partial charge in [0.1, 0.15) is 0 Å². The SMILES string of the molecule is N#Cc1ccc(CNCCc2ccc(CO)cc2)cc1. The molecule has 3 nitrogen and oxygen atoms in total. The molecule has 2 rings (SSSR count). The third-order valence-electron chi connectivity index (χ3n) is 3.21. The van der Waals surface area contributed by atoms with Gasteiger partial charge < -0.3 is 10.4 Å². The molecule has 2 aromatic carbocycles. The Bertz CT molecular complexity index is 567. The predicted molar refractivity (Wildman–Crippen MR) is 78.9 cm³/mol. The molecule has 0 saturated heterocycles. The molecular formula is C17H18N2O. The van der Waals surface area contributed by atoms with Crippen molar-refractivity contribution in [1.82, 2.24) is 5.32 Å². The zero-order valence-electron chi connectivity index (χ0n) is 11.3. The van der Waals surface area contributed by atoms with E-state index in [2.05, 4.69) is 23.5 Å². The van der Waals surface area contributed by atoms with E-state index in [1.54, 1.807) is 0 Å². The van der Waals surface area contributed by atoms with E-state index in [1.165, 1.54) is 11.1 Å². The fourth-order valence-electron chi connectivity index (χ4n) is 1.97. The van der Waals surface area contributed by atoms with Crippen molar-refractivity contribution in [2.24, 2.45) is 0 Å². The molecule has 0 amide bonds. The number of aliphatic hydroxyl groups excluding tert-OH is 1. The van der Waals surface area contributed by atoms with Crippen LogP contribution in [0.1, 0.15) is 22.3 Å². The molecule has 0 aliphatic heterocycles. The Labute approximate surface area is 119 Å². The zero-order chi connectivity index (χ0) is 14.2. The highest BCUT2D eigenvalue weighted by atomic mass is 16.3. The van der Waals surface area contributed by atoms with Crippen LogP contribution < -0.4 is 5.32 Å². The van der Waals surface area contributed by atoms with Crippen LogP contribution in [0.3, 0.4) is 0 Å². The fourth-order valence-corrected chi connectivity index (χ4v) is 1.97. The van der Waals surface area contributed by atoms with Crippen LogP contribution in [0.15, 0.2) is 48.5 Å². The third kappa shape index (κ3) is 4.20. The van der Waals surface area contributed by atoms with Crippen LogP contribution in [0.4, 0.5) is 0 Å². The average Bonchev–Trinajstić information content (AvgIpc) is 2.53. The summed E-state index contributed by atoms with van der Waals surface area (Å²) in [5.74, 6) is 0. The molecule has 0 unspecified atom stereocenters. The Morgan fingerprint density at radius 2 is 1.50 bits per heavy atom. The number of nitrogens with zero attached hydrogens (tertiary/aromatic N) is 1. The summed E-state index contributed by atoms with van der Waals surface area (Å²) in [6.07, 6.45) is 0.960. The highest BCUT2D eigenvalue weighted by Gasteiger charge is 1.96. The molecule has 0 aliphatic carbocycles. The number of benzene rings is 2. The second-order valence-electron chi connectivity index (χ2n) is 4.71. The van der Waals surface area contributed by atoms with Crippen molar-refractivity contribution in [1.29, 1.82) is 5.26 Å². The topological polar surface area (TPSA) is 56.0 Å². The quantitative estimate of drug-likeness (QED) is 0.789. The minimum atomic E-state index is 0.0945. The van der Waals surface area contributed by atoms with Gasteiger partial charge in [-0.1, -0.05) is 36.4 Å². The maximum absolute atomic E-state index is 8.97. The van der Waals surface area contributed by atoms with Gasteiger partial charge in [-0.2, -0.15) is 5.26 Å². The lowest BCUT2D eigenvalue weighted by Crippen LogP contribution is -2.16. The summed E-state index contributed by atoms with van der Waals surface area (Å²) in [4.78, 5) is 0. The molecule has 0 spiro atoms. The number of aliphatic hydroxyl groups is 1. The van der Waals surface area contributed by atoms with Crippen molar-refractivity contribution < 1.29 is 5.11 Å². The minimum Gasteiger partial charge on any atom is -0.392 e. The predicted octanol–water partition coefficient (Wildman–Crippen LogP) is 2.38. The lowest BCUT2D eigenvalue weighted by atomic mass is 10.1. The zero-order valence-corrected chi connectivity index (χ0v) is 11.3. The van der Waals surface area contributed by atoms with Crippen LogP contribution in [0.2, 0.25) is 0 Å². The molecule has 0 atom stereocenters. The Hall–Kier alpha value is -2.15. The van der Waals surface area contributed by atoms with Gasteiger partial charge in [-0.15, -0.1) is 0 Å². The summed E-state index contributed by atoms with van der Waals surface area (Å²) in [5.41, 5.74) is 4.08. The summed E-state index contributed by atoms with van der Waals surface area (Å²) >= 11 is 0. The molecule has 102 valence electrons.